The van der Waals surface area contributed by atoms with Crippen LogP contribution in [0.1, 0.15) is 25.7 Å². The molecule has 0 amide bonds. The Balaban J connectivity index is 1.22. The fourth-order valence-electron chi connectivity index (χ4n) is 4.15. The molecule has 2 aromatic carbocycles. The maximum Gasteiger partial charge on any atom is 0.139 e. The average molecular weight is 457 g/mol. The molecular formula is C26H28N6O2. The summed E-state index contributed by atoms with van der Waals surface area (Å²) in [6.07, 6.45) is 14.7. The molecule has 0 bridgehead atoms. The fraction of sp³-hybridized carbons (Fsp3) is 0.231. The second-order valence-corrected chi connectivity index (χ2v) is 7.99. The number of nitrogens with zero attached hydrogens (tertiary/aromatic N) is 6. The summed E-state index contributed by atoms with van der Waals surface area (Å²) in [5.41, 5.74) is 1.99. The lowest BCUT2D eigenvalue weighted by Gasteiger charge is -2.24. The van der Waals surface area contributed by atoms with Crippen LogP contribution in [0.3, 0.4) is 0 Å². The van der Waals surface area contributed by atoms with Gasteiger partial charge in [0, 0.05) is 49.3 Å². The van der Waals surface area contributed by atoms with Crippen molar-refractivity contribution < 1.29 is 0 Å². The van der Waals surface area contributed by atoms with E-state index in [2.05, 4.69) is 20.2 Å². The standard InChI is InChI=1S/C26H28N6O2/c33-27-21-25-29(17-19-31(25)23-11-5-3-6-12-23)15-9-1-2-10-16-30-18-20-32(26(30)22-28-34)24-13-7-4-8-14-24/h3-8,11-14,17-22H,1-2,9-10,15-16H2/b25-21-,26-22+. The van der Waals surface area contributed by atoms with Crippen LogP contribution < -0.4 is 9.80 Å². The third kappa shape index (κ3) is 5.40. The summed E-state index contributed by atoms with van der Waals surface area (Å²) in [6, 6.07) is 19.8. The molecule has 2 heterocycles. The Morgan fingerprint density at radius 3 is 1.35 bits per heavy atom. The lowest BCUT2D eigenvalue weighted by molar-refractivity contribution is 0.422. The van der Waals surface area contributed by atoms with E-state index in [9.17, 15) is 9.81 Å². The van der Waals surface area contributed by atoms with Crippen LogP contribution in [0.4, 0.5) is 11.4 Å². The summed E-state index contributed by atoms with van der Waals surface area (Å²) in [5, 5.41) is 6.02. The predicted octanol–water partition coefficient (Wildman–Crippen LogP) is 6.26. The Morgan fingerprint density at radius 2 is 0.971 bits per heavy atom. The number of rotatable bonds is 11. The third-order valence-corrected chi connectivity index (χ3v) is 5.83. The highest BCUT2D eigenvalue weighted by atomic mass is 16.3. The second-order valence-electron chi connectivity index (χ2n) is 7.99. The zero-order chi connectivity index (χ0) is 23.6. The van der Waals surface area contributed by atoms with Crippen LogP contribution in [0.15, 0.2) is 120 Å². The molecule has 0 unspecified atom stereocenters. The molecule has 0 radical (unpaired) electrons. The largest absolute Gasteiger partial charge is 0.331 e. The molecule has 0 saturated heterocycles. The quantitative estimate of drug-likeness (QED) is 0.293. The van der Waals surface area contributed by atoms with Gasteiger partial charge in [0.2, 0.25) is 0 Å². The monoisotopic (exact) mass is 456 g/mol. The molecule has 0 fully saturated rings. The van der Waals surface area contributed by atoms with Crippen molar-refractivity contribution in [2.45, 2.75) is 25.7 Å². The third-order valence-electron chi connectivity index (χ3n) is 5.83. The first-order valence-electron chi connectivity index (χ1n) is 11.5. The molecule has 174 valence electrons. The Morgan fingerprint density at radius 1 is 0.559 bits per heavy atom. The summed E-state index contributed by atoms with van der Waals surface area (Å²) in [7, 11) is 0. The normalized spacial score (nSPS) is 17.4. The van der Waals surface area contributed by atoms with E-state index in [0.717, 1.165) is 61.8 Å². The smallest absolute Gasteiger partial charge is 0.139 e. The van der Waals surface area contributed by atoms with E-state index in [1.54, 1.807) is 0 Å². The SMILES string of the molecule is O=N/C=C1/N(CCCCCCN2C=CN(c3ccccc3)/C2=C/N=O)C=CN1c1ccccc1. The second kappa shape index (κ2) is 11.6. The maximum absolute atomic E-state index is 11.0. The van der Waals surface area contributed by atoms with Crippen molar-refractivity contribution in [2.75, 3.05) is 22.9 Å². The number of para-hydroxylation sites is 2. The van der Waals surface area contributed by atoms with Gasteiger partial charge in [0.05, 0.1) is 0 Å². The fourth-order valence-corrected chi connectivity index (χ4v) is 4.15. The van der Waals surface area contributed by atoms with Gasteiger partial charge in [-0.15, -0.1) is 9.81 Å². The van der Waals surface area contributed by atoms with Crippen molar-refractivity contribution in [3.63, 3.8) is 0 Å². The molecule has 0 atom stereocenters. The van der Waals surface area contributed by atoms with Crippen molar-refractivity contribution in [3.8, 4) is 0 Å². The zero-order valence-corrected chi connectivity index (χ0v) is 19.0. The van der Waals surface area contributed by atoms with Crippen LogP contribution >= 0.6 is 0 Å². The Labute approximate surface area is 199 Å². The molecule has 0 aliphatic carbocycles. The highest BCUT2D eigenvalue weighted by Gasteiger charge is 2.22. The molecule has 34 heavy (non-hydrogen) atoms. The highest BCUT2D eigenvalue weighted by Crippen LogP contribution is 2.29. The first kappa shape index (κ1) is 23.0. The van der Waals surface area contributed by atoms with Crippen molar-refractivity contribution in [3.05, 3.63) is 119 Å². The van der Waals surface area contributed by atoms with Crippen LogP contribution in [-0.2, 0) is 0 Å². The van der Waals surface area contributed by atoms with Gasteiger partial charge in [0.1, 0.15) is 24.0 Å². The average Bonchev–Trinajstić information content (AvgIpc) is 3.47. The lowest BCUT2D eigenvalue weighted by atomic mass is 10.2. The van der Waals surface area contributed by atoms with Gasteiger partial charge >= 0.3 is 0 Å². The van der Waals surface area contributed by atoms with Gasteiger partial charge in [-0.2, -0.15) is 0 Å². The van der Waals surface area contributed by atoms with Gasteiger partial charge in [0.15, 0.2) is 0 Å². The first-order chi connectivity index (χ1) is 16.8. The number of benzene rings is 2. The molecule has 0 spiro atoms. The van der Waals surface area contributed by atoms with E-state index in [1.807, 2.05) is 95.3 Å². The van der Waals surface area contributed by atoms with Crippen molar-refractivity contribution >= 4 is 11.4 Å². The molecule has 8 heteroatoms. The van der Waals surface area contributed by atoms with Crippen LogP contribution in [-0.4, -0.2) is 22.9 Å². The van der Waals surface area contributed by atoms with Crippen molar-refractivity contribution in [1.82, 2.24) is 9.80 Å². The number of unbranched alkanes of at least 4 members (excludes halogenated alkanes) is 3. The highest BCUT2D eigenvalue weighted by molar-refractivity contribution is 5.57. The Hall–Kier alpha value is -4.20. The van der Waals surface area contributed by atoms with E-state index >= 15 is 0 Å². The summed E-state index contributed by atoms with van der Waals surface area (Å²) in [5.74, 6) is 1.53. The van der Waals surface area contributed by atoms with Gasteiger partial charge in [-0.1, -0.05) is 49.2 Å². The molecule has 4 rings (SSSR count). The molecule has 8 nitrogen and oxygen atoms in total. The Kier molecular flexibility index (Phi) is 7.84. The van der Waals surface area contributed by atoms with E-state index in [-0.39, 0.29) is 0 Å². The molecule has 0 N–H and O–H groups in total. The number of hydrogen-bond acceptors (Lipinski definition) is 8. The van der Waals surface area contributed by atoms with E-state index in [1.165, 1.54) is 12.4 Å². The number of hydrogen-bond donors (Lipinski definition) is 0. The van der Waals surface area contributed by atoms with Crippen molar-refractivity contribution in [1.29, 1.82) is 0 Å². The minimum Gasteiger partial charge on any atom is -0.331 e. The summed E-state index contributed by atoms with van der Waals surface area (Å²) >= 11 is 0. The number of anilines is 2. The molecule has 2 aliphatic heterocycles. The molecule has 0 aromatic heterocycles. The predicted molar refractivity (Wildman–Crippen MR) is 136 cm³/mol. The van der Waals surface area contributed by atoms with E-state index in [4.69, 9.17) is 0 Å². The minimum absolute atomic E-state index is 0.764. The van der Waals surface area contributed by atoms with E-state index < -0.39 is 0 Å². The topological polar surface area (TPSA) is 71.8 Å². The van der Waals surface area contributed by atoms with Gasteiger partial charge in [-0.3, -0.25) is 0 Å². The van der Waals surface area contributed by atoms with Gasteiger partial charge in [-0.05, 0) is 47.5 Å². The van der Waals surface area contributed by atoms with Crippen LogP contribution in [0, 0.1) is 9.81 Å². The first-order valence-corrected chi connectivity index (χ1v) is 11.5. The van der Waals surface area contributed by atoms with E-state index in [0.29, 0.717) is 0 Å². The molecular weight excluding hydrogens is 428 g/mol. The summed E-state index contributed by atoms with van der Waals surface area (Å²) in [4.78, 5) is 30.0. The lowest BCUT2D eigenvalue weighted by Crippen LogP contribution is -2.24. The summed E-state index contributed by atoms with van der Waals surface area (Å²) in [6.45, 7) is 1.62. The zero-order valence-electron chi connectivity index (χ0n) is 19.0. The number of nitroso groups, excluding NO2 is 2. The van der Waals surface area contributed by atoms with Gasteiger partial charge < -0.3 is 19.6 Å². The minimum atomic E-state index is 0.764. The van der Waals surface area contributed by atoms with Crippen LogP contribution in [0.2, 0.25) is 0 Å². The maximum atomic E-state index is 11.0. The van der Waals surface area contributed by atoms with Gasteiger partial charge in [0.25, 0.3) is 0 Å². The van der Waals surface area contributed by atoms with Crippen molar-refractivity contribution in [2.24, 2.45) is 10.4 Å². The van der Waals surface area contributed by atoms with Crippen LogP contribution in [0.5, 0.6) is 0 Å². The molecule has 2 aromatic rings. The van der Waals surface area contributed by atoms with Crippen LogP contribution in [0.25, 0.3) is 0 Å². The molecule has 2 aliphatic rings. The molecule has 0 saturated carbocycles. The Bertz CT molecular complexity index is 993. The van der Waals surface area contributed by atoms with Gasteiger partial charge in [-0.25, -0.2) is 0 Å². The summed E-state index contributed by atoms with van der Waals surface area (Å²) < 4.78 is 0.